The number of benzene rings is 1. The molecule has 8 nitrogen and oxygen atoms in total. The highest BCUT2D eigenvalue weighted by molar-refractivity contribution is 5.81. The molecule has 8 heteroatoms. The lowest BCUT2D eigenvalue weighted by Crippen LogP contribution is -2.40. The van der Waals surface area contributed by atoms with Gasteiger partial charge in [0.25, 0.3) is 0 Å². The van der Waals surface area contributed by atoms with Crippen molar-refractivity contribution in [3.8, 4) is 17.1 Å². The maximum atomic E-state index is 12.2. The zero-order valence-electron chi connectivity index (χ0n) is 15.1. The maximum absolute atomic E-state index is 12.2. The topological polar surface area (TPSA) is 106 Å². The second-order valence-corrected chi connectivity index (χ2v) is 6.10. The normalized spacial score (nSPS) is 10.8. The molecular formula is C18H23N3O5. The number of hydrogen-bond donors (Lipinski definition) is 1. The summed E-state index contributed by atoms with van der Waals surface area (Å²) in [7, 11) is 1.60. The van der Waals surface area contributed by atoms with Gasteiger partial charge >= 0.3 is 5.97 Å². The minimum absolute atomic E-state index is 0.163. The molecule has 1 heterocycles. The van der Waals surface area contributed by atoms with Crippen molar-refractivity contribution in [3.05, 3.63) is 30.2 Å². The Labute approximate surface area is 151 Å². The van der Waals surface area contributed by atoms with Crippen LogP contribution < -0.4 is 4.74 Å². The number of rotatable bonds is 9. The summed E-state index contributed by atoms with van der Waals surface area (Å²) in [4.78, 5) is 28.7. The lowest BCUT2D eigenvalue weighted by Gasteiger charge is -2.24. The third kappa shape index (κ3) is 5.30. The Kier molecular flexibility index (Phi) is 6.71. The van der Waals surface area contributed by atoms with Gasteiger partial charge in [0, 0.05) is 24.4 Å². The van der Waals surface area contributed by atoms with Gasteiger partial charge in [0.1, 0.15) is 12.3 Å². The van der Waals surface area contributed by atoms with E-state index in [4.69, 9.17) is 14.4 Å². The molecule has 1 aromatic heterocycles. The molecule has 1 amide bonds. The molecule has 0 saturated carbocycles. The first-order chi connectivity index (χ1) is 12.4. The highest BCUT2D eigenvalue weighted by Gasteiger charge is 2.19. The van der Waals surface area contributed by atoms with Gasteiger partial charge in [-0.25, -0.2) is 0 Å². The average molecular weight is 361 g/mol. The quantitative estimate of drug-likeness (QED) is 0.731. The first-order valence-electron chi connectivity index (χ1n) is 8.39. The predicted octanol–water partition coefficient (Wildman–Crippen LogP) is 2.39. The number of amides is 1. The number of aryl methyl sites for hydroxylation is 1. The summed E-state index contributed by atoms with van der Waals surface area (Å²) in [5.41, 5.74) is 0.810. The van der Waals surface area contributed by atoms with Gasteiger partial charge in [-0.1, -0.05) is 5.16 Å². The second kappa shape index (κ2) is 8.98. The van der Waals surface area contributed by atoms with Crippen molar-refractivity contribution in [3.63, 3.8) is 0 Å². The molecule has 0 spiro atoms. The van der Waals surface area contributed by atoms with Crippen LogP contribution in [0.15, 0.2) is 28.8 Å². The van der Waals surface area contributed by atoms with E-state index in [9.17, 15) is 9.59 Å². The third-order valence-corrected chi connectivity index (χ3v) is 3.85. The van der Waals surface area contributed by atoms with E-state index in [0.717, 1.165) is 11.3 Å². The Hall–Kier alpha value is -2.90. The Morgan fingerprint density at radius 1 is 1.27 bits per heavy atom. The molecule has 0 unspecified atom stereocenters. The van der Waals surface area contributed by atoms with Gasteiger partial charge in [0.15, 0.2) is 0 Å². The van der Waals surface area contributed by atoms with Gasteiger partial charge in [-0.2, -0.15) is 4.98 Å². The van der Waals surface area contributed by atoms with E-state index < -0.39 is 5.97 Å². The first-order valence-corrected chi connectivity index (χ1v) is 8.39. The molecule has 140 valence electrons. The Bertz CT molecular complexity index is 740. The summed E-state index contributed by atoms with van der Waals surface area (Å²) in [5.74, 6) is 0.444. The number of methoxy groups -OCH3 is 1. The number of carboxylic acids is 1. The number of nitrogens with zero attached hydrogens (tertiary/aromatic N) is 3. The molecule has 0 bridgehead atoms. The van der Waals surface area contributed by atoms with E-state index in [1.807, 2.05) is 24.3 Å². The smallest absolute Gasteiger partial charge is 0.323 e. The van der Waals surface area contributed by atoms with Crippen LogP contribution >= 0.6 is 0 Å². The maximum Gasteiger partial charge on any atom is 0.323 e. The molecule has 0 radical (unpaired) electrons. The lowest BCUT2D eigenvalue weighted by molar-refractivity contribution is -0.145. The number of hydrogen-bond acceptors (Lipinski definition) is 6. The SMILES string of the molecule is COc1ccc(-c2noc(CCCC(=O)N(CC(=O)O)C(C)C)n2)cc1. The van der Waals surface area contributed by atoms with Crippen molar-refractivity contribution in [1.82, 2.24) is 15.0 Å². The van der Waals surface area contributed by atoms with Crippen molar-refractivity contribution in [2.24, 2.45) is 0 Å². The molecule has 0 aliphatic rings. The molecule has 1 N–H and O–H groups in total. The monoisotopic (exact) mass is 361 g/mol. The number of aliphatic carboxylic acids is 1. The molecule has 0 fully saturated rings. The summed E-state index contributed by atoms with van der Waals surface area (Å²) >= 11 is 0. The van der Waals surface area contributed by atoms with E-state index >= 15 is 0 Å². The molecule has 1 aromatic carbocycles. The van der Waals surface area contributed by atoms with Crippen LogP contribution in [0.4, 0.5) is 0 Å². The largest absolute Gasteiger partial charge is 0.497 e. The molecule has 0 aliphatic heterocycles. The van der Waals surface area contributed by atoms with Gasteiger partial charge in [0.2, 0.25) is 17.6 Å². The number of ether oxygens (including phenoxy) is 1. The van der Waals surface area contributed by atoms with Gasteiger partial charge < -0.3 is 19.3 Å². The predicted molar refractivity (Wildman–Crippen MR) is 93.7 cm³/mol. The highest BCUT2D eigenvalue weighted by atomic mass is 16.5. The Balaban J connectivity index is 1.89. The first kappa shape index (κ1) is 19.4. The third-order valence-electron chi connectivity index (χ3n) is 3.85. The number of carboxylic acid groups (broad SMARTS) is 1. The zero-order chi connectivity index (χ0) is 19.1. The molecule has 26 heavy (non-hydrogen) atoms. The van der Waals surface area contributed by atoms with E-state index in [2.05, 4.69) is 10.1 Å². The molecular weight excluding hydrogens is 338 g/mol. The standard InChI is InChI=1S/C18H23N3O5/c1-12(2)21(11-17(23)24)16(22)6-4-5-15-19-18(20-26-15)13-7-9-14(25-3)10-8-13/h7-10,12H,4-6,11H2,1-3H3,(H,23,24). The van der Waals surface area contributed by atoms with Crippen molar-refractivity contribution in [2.45, 2.75) is 39.2 Å². The number of aromatic nitrogens is 2. The van der Waals surface area contributed by atoms with Gasteiger partial charge in [-0.05, 0) is 44.5 Å². The van der Waals surface area contributed by atoms with E-state index in [1.165, 1.54) is 4.90 Å². The number of carbonyl (C=O) groups excluding carboxylic acids is 1. The van der Waals surface area contributed by atoms with Crippen LogP contribution in [-0.4, -0.2) is 51.7 Å². The minimum Gasteiger partial charge on any atom is -0.497 e. The molecule has 0 atom stereocenters. The van der Waals surface area contributed by atoms with Crippen LogP contribution in [0.5, 0.6) is 5.75 Å². The van der Waals surface area contributed by atoms with Crippen LogP contribution in [-0.2, 0) is 16.0 Å². The van der Waals surface area contributed by atoms with E-state index in [-0.39, 0.29) is 24.9 Å². The van der Waals surface area contributed by atoms with Crippen LogP contribution in [0, 0.1) is 0 Å². The fraction of sp³-hybridized carbons (Fsp3) is 0.444. The lowest BCUT2D eigenvalue weighted by atomic mass is 10.2. The zero-order valence-corrected chi connectivity index (χ0v) is 15.1. The average Bonchev–Trinajstić information content (AvgIpc) is 3.08. The van der Waals surface area contributed by atoms with Crippen LogP contribution in [0.2, 0.25) is 0 Å². The Morgan fingerprint density at radius 3 is 2.54 bits per heavy atom. The van der Waals surface area contributed by atoms with Crippen molar-refractivity contribution in [1.29, 1.82) is 0 Å². The summed E-state index contributed by atoms with van der Waals surface area (Å²) in [6.45, 7) is 3.29. The summed E-state index contributed by atoms with van der Waals surface area (Å²) in [6, 6.07) is 7.14. The minimum atomic E-state index is -1.02. The summed E-state index contributed by atoms with van der Waals surface area (Å²) in [5, 5.41) is 12.8. The van der Waals surface area contributed by atoms with E-state index in [1.54, 1.807) is 21.0 Å². The molecule has 2 rings (SSSR count). The van der Waals surface area contributed by atoms with Crippen LogP contribution in [0.25, 0.3) is 11.4 Å². The number of carbonyl (C=O) groups is 2. The van der Waals surface area contributed by atoms with Crippen LogP contribution in [0.1, 0.15) is 32.6 Å². The van der Waals surface area contributed by atoms with Gasteiger partial charge in [0.05, 0.1) is 7.11 Å². The molecule has 0 saturated heterocycles. The van der Waals surface area contributed by atoms with Crippen molar-refractivity contribution < 1.29 is 24.0 Å². The van der Waals surface area contributed by atoms with Crippen LogP contribution in [0.3, 0.4) is 0 Å². The second-order valence-electron chi connectivity index (χ2n) is 6.10. The fourth-order valence-electron chi connectivity index (χ4n) is 2.45. The molecule has 2 aromatic rings. The Morgan fingerprint density at radius 2 is 1.96 bits per heavy atom. The van der Waals surface area contributed by atoms with Gasteiger partial charge in [-0.15, -0.1) is 0 Å². The van der Waals surface area contributed by atoms with Crippen molar-refractivity contribution in [2.75, 3.05) is 13.7 Å². The summed E-state index contributed by atoms with van der Waals surface area (Å²) < 4.78 is 10.3. The fourth-order valence-corrected chi connectivity index (χ4v) is 2.45. The molecule has 0 aliphatic carbocycles. The van der Waals surface area contributed by atoms with E-state index in [0.29, 0.717) is 24.6 Å². The summed E-state index contributed by atoms with van der Waals surface area (Å²) in [6.07, 6.45) is 1.19. The van der Waals surface area contributed by atoms with Crippen molar-refractivity contribution >= 4 is 11.9 Å². The highest BCUT2D eigenvalue weighted by Crippen LogP contribution is 2.20. The van der Waals surface area contributed by atoms with Gasteiger partial charge in [-0.3, -0.25) is 9.59 Å².